The quantitative estimate of drug-likeness (QED) is 0.467. The van der Waals surface area contributed by atoms with Crippen LogP contribution in [0.4, 0.5) is 5.69 Å². The van der Waals surface area contributed by atoms with Crippen LogP contribution in [0.15, 0.2) is 18.2 Å². The lowest BCUT2D eigenvalue weighted by molar-refractivity contribution is 0.163. The molecule has 0 amide bonds. The van der Waals surface area contributed by atoms with E-state index in [4.69, 9.17) is 34.4 Å². The second-order valence-corrected chi connectivity index (χ2v) is 9.44. The van der Waals surface area contributed by atoms with Crippen LogP contribution in [0, 0.1) is 0 Å². The number of rotatable bonds is 10. The third kappa shape index (κ3) is 4.28. The maximum absolute atomic E-state index is 13.5. The number of hydrogen-bond acceptors (Lipinski definition) is 7. The summed E-state index contributed by atoms with van der Waals surface area (Å²) < 4.78 is 55.5. The minimum atomic E-state index is -3.88. The molecule has 0 saturated heterocycles. The van der Waals surface area contributed by atoms with E-state index in [1.807, 2.05) is 0 Å². The molecule has 148 valence electrons. The molecule has 1 heterocycles. The summed E-state index contributed by atoms with van der Waals surface area (Å²) >= 11 is 6.03. The SMILES string of the molecule is CCOP(=O)(OCC)C1Oc2cc(Cl)ccc2N1P(=O)(OCC)OCC. The van der Waals surface area contributed by atoms with E-state index < -0.39 is 21.3 Å². The summed E-state index contributed by atoms with van der Waals surface area (Å²) in [5.41, 5.74) is 0.379. The highest BCUT2D eigenvalue weighted by molar-refractivity contribution is 7.60. The number of fused-ring (bicyclic) bond motifs is 1. The molecule has 1 aromatic carbocycles. The molecular weight excluding hydrogens is 404 g/mol. The van der Waals surface area contributed by atoms with Gasteiger partial charge >= 0.3 is 15.3 Å². The number of halogens is 1. The van der Waals surface area contributed by atoms with E-state index in [1.54, 1.807) is 39.8 Å². The fourth-order valence-electron chi connectivity index (χ4n) is 2.52. The number of hydrogen-bond donors (Lipinski definition) is 0. The van der Waals surface area contributed by atoms with Gasteiger partial charge in [-0.25, -0.2) is 9.24 Å². The normalized spacial score (nSPS) is 17.3. The van der Waals surface area contributed by atoms with Crippen molar-refractivity contribution in [1.82, 2.24) is 0 Å². The maximum Gasteiger partial charge on any atom is 0.438 e. The molecule has 1 atom stereocenters. The number of ether oxygens (including phenoxy) is 1. The molecule has 1 aliphatic heterocycles. The minimum Gasteiger partial charge on any atom is -0.455 e. The average molecular weight is 428 g/mol. The second kappa shape index (κ2) is 9.07. The van der Waals surface area contributed by atoms with Crippen LogP contribution in [0.25, 0.3) is 0 Å². The number of benzene rings is 1. The zero-order valence-electron chi connectivity index (χ0n) is 15.2. The summed E-state index contributed by atoms with van der Waals surface area (Å²) in [5.74, 6) is -1.03. The Morgan fingerprint density at radius 3 is 2.04 bits per heavy atom. The van der Waals surface area contributed by atoms with Crippen LogP contribution in [0.2, 0.25) is 5.02 Å². The molecule has 1 aromatic rings. The van der Waals surface area contributed by atoms with Gasteiger partial charge in [0, 0.05) is 11.1 Å². The first kappa shape index (κ1) is 21.7. The molecule has 0 fully saturated rings. The smallest absolute Gasteiger partial charge is 0.438 e. The van der Waals surface area contributed by atoms with Gasteiger partial charge in [0.1, 0.15) is 5.75 Å². The first-order chi connectivity index (χ1) is 12.3. The summed E-state index contributed by atoms with van der Waals surface area (Å²) in [5, 5.41) is 0.412. The second-order valence-electron chi connectivity index (χ2n) is 5.08. The van der Waals surface area contributed by atoms with Gasteiger partial charge < -0.3 is 13.8 Å². The molecule has 8 nitrogen and oxygen atoms in total. The number of anilines is 1. The zero-order valence-corrected chi connectivity index (χ0v) is 17.8. The van der Waals surface area contributed by atoms with Gasteiger partial charge in [-0.3, -0.25) is 13.6 Å². The van der Waals surface area contributed by atoms with Crippen molar-refractivity contribution < 1.29 is 32.0 Å². The summed E-state index contributed by atoms with van der Waals surface area (Å²) in [4.78, 5) is 0. The standard InChI is InChI=1S/C15H24ClNO7P2/c1-5-20-25(18,21-6-2)15-17(26(19,22-7-3)23-8-4)13-10-9-12(16)11-14(13)24-15/h9-11,15H,5-8H2,1-4H3. The molecule has 2 rings (SSSR count). The van der Waals surface area contributed by atoms with Crippen LogP contribution in [0.1, 0.15) is 27.7 Å². The molecule has 0 N–H and O–H groups in total. The first-order valence-electron chi connectivity index (χ1n) is 8.39. The Morgan fingerprint density at radius 1 is 1.00 bits per heavy atom. The molecule has 1 unspecified atom stereocenters. The number of nitrogens with zero attached hydrogens (tertiary/aromatic N) is 1. The Morgan fingerprint density at radius 2 is 1.54 bits per heavy atom. The molecule has 11 heteroatoms. The van der Waals surface area contributed by atoms with Crippen molar-refractivity contribution in [3.63, 3.8) is 0 Å². The molecule has 0 saturated carbocycles. The van der Waals surface area contributed by atoms with Gasteiger partial charge in [0.05, 0.1) is 32.1 Å². The first-order valence-corrected chi connectivity index (χ1v) is 11.9. The van der Waals surface area contributed by atoms with E-state index in [0.717, 1.165) is 0 Å². The van der Waals surface area contributed by atoms with Crippen LogP contribution >= 0.6 is 26.9 Å². The van der Waals surface area contributed by atoms with E-state index >= 15 is 0 Å². The molecule has 0 bridgehead atoms. The molecule has 0 aliphatic carbocycles. The topological polar surface area (TPSA) is 83.5 Å². The largest absolute Gasteiger partial charge is 0.455 e. The van der Waals surface area contributed by atoms with Gasteiger partial charge in [-0.15, -0.1) is 0 Å². The maximum atomic E-state index is 13.5. The Balaban J connectivity index is 2.59. The van der Waals surface area contributed by atoms with Gasteiger partial charge in [0.2, 0.25) is 0 Å². The van der Waals surface area contributed by atoms with Crippen LogP contribution in [-0.2, 0) is 27.2 Å². The minimum absolute atomic E-state index is 0.121. The van der Waals surface area contributed by atoms with E-state index in [-0.39, 0.29) is 26.4 Å². The fourth-order valence-corrected chi connectivity index (χ4v) is 6.82. The van der Waals surface area contributed by atoms with E-state index in [9.17, 15) is 9.13 Å². The molecule has 0 radical (unpaired) electrons. The van der Waals surface area contributed by atoms with Crippen LogP contribution < -0.4 is 9.41 Å². The summed E-state index contributed by atoms with van der Waals surface area (Å²) in [6.45, 7) is 7.22. The van der Waals surface area contributed by atoms with Crippen molar-refractivity contribution in [2.24, 2.45) is 0 Å². The van der Waals surface area contributed by atoms with Crippen molar-refractivity contribution >= 4 is 32.6 Å². The highest BCUT2D eigenvalue weighted by atomic mass is 35.5. The fraction of sp³-hybridized carbons (Fsp3) is 0.600. The van der Waals surface area contributed by atoms with E-state index in [0.29, 0.717) is 16.5 Å². The van der Waals surface area contributed by atoms with Gasteiger partial charge in [-0.1, -0.05) is 11.6 Å². The monoisotopic (exact) mass is 427 g/mol. The van der Waals surface area contributed by atoms with Crippen molar-refractivity contribution in [3.8, 4) is 5.75 Å². The van der Waals surface area contributed by atoms with Gasteiger partial charge in [0.25, 0.3) is 5.97 Å². The van der Waals surface area contributed by atoms with Crippen LogP contribution in [-0.4, -0.2) is 32.4 Å². The molecule has 0 aromatic heterocycles. The molecule has 1 aliphatic rings. The van der Waals surface area contributed by atoms with Crippen molar-refractivity contribution in [2.75, 3.05) is 31.1 Å². The van der Waals surface area contributed by atoms with Gasteiger partial charge in [-0.05, 0) is 39.8 Å². The van der Waals surface area contributed by atoms with E-state index in [2.05, 4.69) is 0 Å². The highest BCUT2D eigenvalue weighted by Crippen LogP contribution is 2.68. The average Bonchev–Trinajstić information content (AvgIpc) is 2.95. The Bertz CT molecular complexity index is 697. The van der Waals surface area contributed by atoms with E-state index in [1.165, 1.54) is 10.7 Å². The molecule has 0 spiro atoms. The third-order valence-corrected chi connectivity index (χ3v) is 8.00. The molecular formula is C15H24ClNO7P2. The van der Waals surface area contributed by atoms with Gasteiger partial charge in [0.15, 0.2) is 0 Å². The van der Waals surface area contributed by atoms with Gasteiger partial charge in [-0.2, -0.15) is 0 Å². The third-order valence-electron chi connectivity index (χ3n) is 3.35. The lowest BCUT2D eigenvalue weighted by Crippen LogP contribution is -2.35. The summed E-state index contributed by atoms with van der Waals surface area (Å²) in [6.07, 6.45) is 0. The Kier molecular flexibility index (Phi) is 7.57. The Labute approximate surface area is 158 Å². The van der Waals surface area contributed by atoms with Crippen LogP contribution in [0.5, 0.6) is 5.75 Å². The highest BCUT2D eigenvalue weighted by Gasteiger charge is 2.55. The van der Waals surface area contributed by atoms with Crippen LogP contribution in [0.3, 0.4) is 0 Å². The lowest BCUT2D eigenvalue weighted by atomic mass is 10.3. The van der Waals surface area contributed by atoms with Crippen molar-refractivity contribution in [1.29, 1.82) is 0 Å². The lowest BCUT2D eigenvalue weighted by Gasteiger charge is -2.33. The predicted octanol–water partition coefficient (Wildman–Crippen LogP) is 5.27. The molecule has 26 heavy (non-hydrogen) atoms. The van der Waals surface area contributed by atoms with Crippen molar-refractivity contribution in [2.45, 2.75) is 33.7 Å². The predicted molar refractivity (Wildman–Crippen MR) is 100 cm³/mol. The zero-order chi connectivity index (χ0) is 19.4. The summed E-state index contributed by atoms with van der Waals surface area (Å²) in [6, 6.07) is 4.74. The summed E-state index contributed by atoms with van der Waals surface area (Å²) in [7, 11) is -7.72. The van der Waals surface area contributed by atoms with Crippen molar-refractivity contribution in [3.05, 3.63) is 23.2 Å². The Hall–Kier alpha value is -0.590.